The first kappa shape index (κ1) is 36.7. The minimum Gasteiger partial charge on any atom is -0.348 e. The Morgan fingerprint density at radius 3 is 1.91 bits per heavy atom. The van der Waals surface area contributed by atoms with Crippen molar-refractivity contribution in [3.05, 3.63) is 87.5 Å². The molecule has 2 aromatic carbocycles. The van der Waals surface area contributed by atoms with E-state index in [1.807, 2.05) is 0 Å². The molecule has 43 heavy (non-hydrogen) atoms. The number of benzene rings is 2. The van der Waals surface area contributed by atoms with Gasteiger partial charge in [-0.25, -0.2) is 0 Å². The van der Waals surface area contributed by atoms with Crippen LogP contribution in [-0.2, 0) is 12.5 Å². The molecule has 2 rings (SSSR count). The molecule has 0 atom stereocenters. The molecule has 0 radical (unpaired) electrons. The Bertz CT molecular complexity index is 1170. The highest BCUT2D eigenvalue weighted by atomic mass is 28.3. The lowest BCUT2D eigenvalue weighted by atomic mass is 9.84. The van der Waals surface area contributed by atoms with Crippen LogP contribution in [-0.4, -0.2) is 18.7 Å². The van der Waals surface area contributed by atoms with E-state index in [0.717, 1.165) is 44.1 Å². The van der Waals surface area contributed by atoms with Gasteiger partial charge >= 0.3 is 5.87 Å². The maximum atomic E-state index is 9.70. The maximum Gasteiger partial charge on any atom is 0.303 e. The van der Waals surface area contributed by atoms with Crippen molar-refractivity contribution in [3.8, 4) is 0 Å². The zero-order chi connectivity index (χ0) is 31.3. The van der Waals surface area contributed by atoms with Crippen LogP contribution in [0.5, 0.6) is 0 Å². The van der Waals surface area contributed by atoms with Crippen molar-refractivity contribution < 1.29 is 4.79 Å². The number of unbranched alkanes of at least 4 members (excludes halogenated alkanes) is 8. The monoisotopic (exact) mass is 598 g/mol. The van der Waals surface area contributed by atoms with Crippen molar-refractivity contribution in [3.63, 3.8) is 0 Å². The predicted octanol–water partition coefficient (Wildman–Crippen LogP) is 12.6. The topological polar surface area (TPSA) is 36.4 Å². The first-order valence-corrected chi connectivity index (χ1v) is 20.7. The minimum absolute atomic E-state index is 0.896. The number of hydrogen-bond donors (Lipinski definition) is 0. The number of aryl methyl sites for hydroxylation is 1. The standard InChI is InChI=1S/C40H62N2Si/c1-7-13-16-17-18-20-22-34-23-21-25-37(31-34)40(39(26-15-9-3)38(32-42-41)24-19-14-8-2)36-29-27-35(28-30-36)33-43(10-4,11-5)12-6/h21,23,25,27-31H,7-20,22,24,26,33H2,1-6H3. The first-order chi connectivity index (χ1) is 21.0. The van der Waals surface area contributed by atoms with Crippen molar-refractivity contribution in [2.75, 3.05) is 0 Å². The molecule has 0 aromatic heterocycles. The van der Waals surface area contributed by atoms with Gasteiger partial charge < -0.3 is 5.53 Å². The van der Waals surface area contributed by atoms with E-state index < -0.39 is 8.07 Å². The molecule has 0 aliphatic heterocycles. The molecule has 3 heteroatoms. The van der Waals surface area contributed by atoms with E-state index in [4.69, 9.17) is 0 Å². The lowest BCUT2D eigenvalue weighted by Crippen LogP contribution is -2.34. The molecule has 0 saturated heterocycles. The minimum atomic E-state index is -1.25. The molecule has 0 unspecified atom stereocenters. The summed E-state index contributed by atoms with van der Waals surface area (Å²) in [4.78, 5) is 3.47. The van der Waals surface area contributed by atoms with E-state index in [-0.39, 0.29) is 0 Å². The van der Waals surface area contributed by atoms with Crippen LogP contribution in [0.1, 0.15) is 147 Å². The van der Waals surface area contributed by atoms with Gasteiger partial charge in [-0.05, 0) is 72.4 Å². The highest BCUT2D eigenvalue weighted by molar-refractivity contribution is 6.79. The van der Waals surface area contributed by atoms with Crippen LogP contribution in [0.2, 0.25) is 18.1 Å². The lowest BCUT2D eigenvalue weighted by Gasteiger charge is -2.28. The number of allylic oxidation sites excluding steroid dienone is 2. The van der Waals surface area contributed by atoms with Crippen molar-refractivity contribution in [1.29, 1.82) is 0 Å². The smallest absolute Gasteiger partial charge is 0.303 e. The molecular weight excluding hydrogens is 537 g/mol. The van der Waals surface area contributed by atoms with Gasteiger partial charge in [0, 0.05) is 0 Å². The van der Waals surface area contributed by atoms with Crippen LogP contribution < -0.4 is 0 Å². The Balaban J connectivity index is 2.62. The molecule has 0 bridgehead atoms. The lowest BCUT2D eigenvalue weighted by molar-refractivity contribution is 0.00739. The van der Waals surface area contributed by atoms with E-state index in [1.54, 1.807) is 0 Å². The first-order valence-electron chi connectivity index (χ1n) is 17.9. The van der Waals surface area contributed by atoms with Crippen LogP contribution in [0.4, 0.5) is 0 Å². The normalized spacial score (nSPS) is 12.0. The van der Waals surface area contributed by atoms with E-state index in [0.29, 0.717) is 0 Å². The average Bonchev–Trinajstić information content (AvgIpc) is 3.04. The van der Waals surface area contributed by atoms with Gasteiger partial charge in [0.15, 0.2) is 0 Å². The highest BCUT2D eigenvalue weighted by Crippen LogP contribution is 2.36. The maximum absolute atomic E-state index is 9.70. The number of nitrogens with zero attached hydrogens (tertiary/aromatic N) is 2. The third kappa shape index (κ3) is 12.2. The molecule has 0 amide bonds. The fourth-order valence-electron chi connectivity index (χ4n) is 6.52. The van der Waals surface area contributed by atoms with Crippen LogP contribution in [0.3, 0.4) is 0 Å². The van der Waals surface area contributed by atoms with Crippen molar-refractivity contribution in [1.82, 2.24) is 0 Å². The SMILES string of the molecule is CCCCCCCCc1cccc(C(=C(CCCC)C(=C=[N+]=[N-])CCCCC)c2ccc(C[Si](CC)(CC)CC)cc2)c1. The number of hydrogen-bond acceptors (Lipinski definition) is 0. The zero-order valence-electron chi connectivity index (χ0n) is 28.7. The molecule has 236 valence electrons. The summed E-state index contributed by atoms with van der Waals surface area (Å²) in [6.45, 7) is 14.0. The summed E-state index contributed by atoms with van der Waals surface area (Å²) in [6, 6.07) is 24.2. The van der Waals surface area contributed by atoms with E-state index in [2.05, 4.69) is 101 Å². The summed E-state index contributed by atoms with van der Waals surface area (Å²) in [7, 11) is -1.25. The van der Waals surface area contributed by atoms with Crippen molar-refractivity contribution in [2.24, 2.45) is 0 Å². The van der Waals surface area contributed by atoms with Gasteiger partial charge in [0.2, 0.25) is 0 Å². The molecule has 0 aliphatic carbocycles. The molecule has 0 spiro atoms. The van der Waals surface area contributed by atoms with Crippen LogP contribution >= 0.6 is 0 Å². The van der Waals surface area contributed by atoms with Crippen molar-refractivity contribution >= 4 is 19.5 Å². The summed E-state index contributed by atoms with van der Waals surface area (Å²) in [5, 5.41) is 0. The van der Waals surface area contributed by atoms with Crippen molar-refractivity contribution in [2.45, 2.75) is 156 Å². The van der Waals surface area contributed by atoms with Crippen LogP contribution in [0.15, 0.2) is 59.7 Å². The Hall–Kier alpha value is -2.44. The second kappa shape index (κ2) is 21.3. The number of rotatable bonds is 22. The third-order valence-electron chi connectivity index (χ3n) is 9.77. The molecule has 0 N–H and O–H groups in total. The molecule has 0 saturated carbocycles. The fourth-order valence-corrected chi connectivity index (χ4v) is 9.87. The Labute approximate surface area is 266 Å². The Kier molecular flexibility index (Phi) is 18.2. The van der Waals surface area contributed by atoms with Gasteiger partial charge in [-0.1, -0.05) is 165 Å². The van der Waals surface area contributed by atoms with E-state index in [1.165, 1.54) is 109 Å². The molecular formula is C40H62N2Si. The van der Waals surface area contributed by atoms with Gasteiger partial charge in [0.1, 0.15) is 0 Å². The fraction of sp³-hybridized carbons (Fsp3) is 0.600. The molecule has 0 heterocycles. The second-order valence-corrected chi connectivity index (χ2v) is 18.2. The largest absolute Gasteiger partial charge is 0.348 e. The van der Waals surface area contributed by atoms with Gasteiger partial charge in [0.05, 0.1) is 13.6 Å². The second-order valence-electron chi connectivity index (χ2n) is 12.8. The highest BCUT2D eigenvalue weighted by Gasteiger charge is 2.27. The molecule has 2 aromatic rings. The van der Waals surface area contributed by atoms with Gasteiger partial charge in [-0.15, -0.1) is 4.79 Å². The Morgan fingerprint density at radius 1 is 0.651 bits per heavy atom. The zero-order valence-corrected chi connectivity index (χ0v) is 29.7. The predicted molar refractivity (Wildman–Crippen MR) is 193 cm³/mol. The van der Waals surface area contributed by atoms with E-state index in [9.17, 15) is 5.53 Å². The van der Waals surface area contributed by atoms with Gasteiger partial charge in [0.25, 0.3) is 0 Å². The summed E-state index contributed by atoms with van der Waals surface area (Å²) in [6.07, 6.45) is 16.6. The molecule has 2 nitrogen and oxygen atoms in total. The summed E-state index contributed by atoms with van der Waals surface area (Å²) in [5.74, 6) is 3.05. The Morgan fingerprint density at radius 2 is 1.28 bits per heavy atom. The molecule has 0 aliphatic rings. The summed E-state index contributed by atoms with van der Waals surface area (Å²) >= 11 is 0. The average molecular weight is 599 g/mol. The molecule has 0 fully saturated rings. The van der Waals surface area contributed by atoms with Gasteiger partial charge in [-0.2, -0.15) is 0 Å². The van der Waals surface area contributed by atoms with E-state index >= 15 is 0 Å². The third-order valence-corrected chi connectivity index (χ3v) is 15.4. The van der Waals surface area contributed by atoms with Crippen LogP contribution in [0, 0.1) is 0 Å². The van der Waals surface area contributed by atoms with Crippen LogP contribution in [0.25, 0.3) is 11.1 Å². The summed E-state index contributed by atoms with van der Waals surface area (Å²) < 4.78 is 0. The summed E-state index contributed by atoms with van der Waals surface area (Å²) in [5.41, 5.74) is 18.8. The van der Waals surface area contributed by atoms with Gasteiger partial charge in [-0.3, -0.25) is 0 Å². The quantitative estimate of drug-likeness (QED) is 0.0323.